The van der Waals surface area contributed by atoms with E-state index in [0.29, 0.717) is 19.3 Å². The lowest BCUT2D eigenvalue weighted by atomic mass is 10.0. The second-order valence-corrected chi connectivity index (χ2v) is 23.8. The molecule has 0 heterocycles. The van der Waals surface area contributed by atoms with E-state index in [1.807, 2.05) is 0 Å². The number of carbonyl (C=O) groups excluding carboxylic acids is 3. The molecule has 0 saturated heterocycles. The lowest BCUT2D eigenvalue weighted by Gasteiger charge is -2.18. The Morgan fingerprint density at radius 1 is 0.244 bits per heavy atom. The molecule has 0 amide bonds. The highest BCUT2D eigenvalue weighted by molar-refractivity contribution is 5.71. The Labute approximate surface area is 486 Å². The number of hydrogen-bond donors (Lipinski definition) is 0. The summed E-state index contributed by atoms with van der Waals surface area (Å²) in [6, 6.07) is 0. The molecular formula is C72H134O6. The lowest BCUT2D eigenvalue weighted by molar-refractivity contribution is -0.167. The van der Waals surface area contributed by atoms with Gasteiger partial charge in [-0.25, -0.2) is 0 Å². The molecule has 1 unspecified atom stereocenters. The minimum Gasteiger partial charge on any atom is -0.462 e. The van der Waals surface area contributed by atoms with E-state index < -0.39 is 6.10 Å². The van der Waals surface area contributed by atoms with E-state index in [1.165, 1.54) is 276 Å². The molecule has 6 nitrogen and oxygen atoms in total. The molecule has 0 N–H and O–H groups in total. The monoisotopic (exact) mass is 1100 g/mol. The third-order valence-electron chi connectivity index (χ3n) is 15.8. The molecule has 6 heteroatoms. The topological polar surface area (TPSA) is 78.9 Å². The Bertz CT molecular complexity index is 1300. The number of rotatable bonds is 65. The number of unbranched alkanes of at least 4 members (excludes halogenated alkanes) is 48. The summed E-state index contributed by atoms with van der Waals surface area (Å²) in [4.78, 5) is 38.3. The fourth-order valence-electron chi connectivity index (χ4n) is 10.5. The normalized spacial score (nSPS) is 12.2. The van der Waals surface area contributed by atoms with Crippen LogP contribution in [0.15, 0.2) is 36.5 Å². The van der Waals surface area contributed by atoms with Crippen molar-refractivity contribution in [3.05, 3.63) is 36.5 Å². The molecular weight excluding hydrogens is 961 g/mol. The molecule has 0 aromatic heterocycles. The maximum absolute atomic E-state index is 12.9. The van der Waals surface area contributed by atoms with Crippen LogP contribution in [0.3, 0.4) is 0 Å². The van der Waals surface area contributed by atoms with E-state index in [2.05, 4.69) is 57.2 Å². The second kappa shape index (κ2) is 67.1. The Balaban J connectivity index is 4.06. The van der Waals surface area contributed by atoms with Crippen LogP contribution in [-0.2, 0) is 28.6 Å². The van der Waals surface area contributed by atoms with Crippen molar-refractivity contribution in [3.63, 3.8) is 0 Å². The zero-order valence-electron chi connectivity index (χ0n) is 52.7. The predicted molar refractivity (Wildman–Crippen MR) is 339 cm³/mol. The summed E-state index contributed by atoms with van der Waals surface area (Å²) in [5, 5.41) is 0. The summed E-state index contributed by atoms with van der Waals surface area (Å²) in [6.45, 7) is 6.64. The molecule has 0 aromatic rings. The number of esters is 3. The highest BCUT2D eigenvalue weighted by Crippen LogP contribution is 2.18. The zero-order valence-corrected chi connectivity index (χ0v) is 52.7. The van der Waals surface area contributed by atoms with Crippen LogP contribution in [-0.4, -0.2) is 37.2 Å². The van der Waals surface area contributed by atoms with Gasteiger partial charge in [-0.3, -0.25) is 14.4 Å². The third-order valence-corrected chi connectivity index (χ3v) is 15.8. The molecule has 0 aliphatic rings. The van der Waals surface area contributed by atoms with Crippen molar-refractivity contribution in [3.8, 4) is 0 Å². The molecule has 0 rings (SSSR count). The van der Waals surface area contributed by atoms with Crippen molar-refractivity contribution in [1.82, 2.24) is 0 Å². The smallest absolute Gasteiger partial charge is 0.306 e. The Hall–Kier alpha value is -2.37. The fourth-order valence-corrected chi connectivity index (χ4v) is 10.5. The summed E-state index contributed by atoms with van der Waals surface area (Å²) >= 11 is 0. The first-order valence-electron chi connectivity index (χ1n) is 35.0. The van der Waals surface area contributed by atoms with E-state index in [-0.39, 0.29) is 31.1 Å². The van der Waals surface area contributed by atoms with Gasteiger partial charge >= 0.3 is 17.9 Å². The summed E-state index contributed by atoms with van der Waals surface area (Å²) in [6.07, 6.45) is 83.4. The van der Waals surface area contributed by atoms with Gasteiger partial charge in [0.05, 0.1) is 0 Å². The highest BCUT2D eigenvalue weighted by Gasteiger charge is 2.19. The van der Waals surface area contributed by atoms with Crippen molar-refractivity contribution in [2.75, 3.05) is 13.2 Å². The molecule has 0 radical (unpaired) electrons. The van der Waals surface area contributed by atoms with Gasteiger partial charge in [-0.05, 0) is 89.9 Å². The Morgan fingerprint density at radius 3 is 0.679 bits per heavy atom. The van der Waals surface area contributed by atoms with E-state index in [1.54, 1.807) is 0 Å². The van der Waals surface area contributed by atoms with Gasteiger partial charge in [0, 0.05) is 19.3 Å². The molecule has 458 valence electrons. The second-order valence-electron chi connectivity index (χ2n) is 23.8. The Morgan fingerprint density at radius 2 is 0.436 bits per heavy atom. The molecule has 0 aliphatic heterocycles. The van der Waals surface area contributed by atoms with Crippen molar-refractivity contribution >= 4 is 17.9 Å². The average molecular weight is 1100 g/mol. The van der Waals surface area contributed by atoms with Gasteiger partial charge in [0.25, 0.3) is 0 Å². The van der Waals surface area contributed by atoms with Gasteiger partial charge in [-0.2, -0.15) is 0 Å². The van der Waals surface area contributed by atoms with Gasteiger partial charge in [0.2, 0.25) is 0 Å². The highest BCUT2D eigenvalue weighted by atomic mass is 16.6. The first-order chi connectivity index (χ1) is 38.5. The largest absolute Gasteiger partial charge is 0.462 e. The number of allylic oxidation sites excluding steroid dienone is 6. The molecule has 0 aromatic carbocycles. The molecule has 0 bridgehead atoms. The van der Waals surface area contributed by atoms with Crippen LogP contribution < -0.4 is 0 Å². The minimum absolute atomic E-state index is 0.0739. The van der Waals surface area contributed by atoms with E-state index in [0.717, 1.165) is 70.6 Å². The van der Waals surface area contributed by atoms with E-state index >= 15 is 0 Å². The minimum atomic E-state index is -0.777. The standard InChI is InChI=1S/C72H134O6/c1-4-7-10-13-16-19-22-24-26-28-29-30-31-32-33-34-35-36-37-38-39-40-41-42-43-44-46-47-50-53-56-59-62-65-71(74)77-68-69(67-76-70(73)64-61-58-55-52-49-21-18-15-12-9-6-3)78-72(75)66-63-60-57-54-51-48-45-27-25-23-20-17-14-11-8-5-2/h15,18,27-29,45,69H,4-14,16-17,19-26,30-44,46-68H2,1-3H3/b18-15-,29-28-,45-27-. The predicted octanol–water partition coefficient (Wildman–Crippen LogP) is 23.9. The summed E-state index contributed by atoms with van der Waals surface area (Å²) in [7, 11) is 0. The van der Waals surface area contributed by atoms with Crippen LogP contribution in [0.2, 0.25) is 0 Å². The first-order valence-corrected chi connectivity index (χ1v) is 35.0. The van der Waals surface area contributed by atoms with Crippen molar-refractivity contribution < 1.29 is 28.6 Å². The summed E-state index contributed by atoms with van der Waals surface area (Å²) < 4.78 is 16.9. The molecule has 0 aliphatic carbocycles. The maximum Gasteiger partial charge on any atom is 0.306 e. The van der Waals surface area contributed by atoms with Gasteiger partial charge < -0.3 is 14.2 Å². The number of carbonyl (C=O) groups is 3. The third kappa shape index (κ3) is 64.5. The summed E-state index contributed by atoms with van der Waals surface area (Å²) in [5.74, 6) is -0.870. The first kappa shape index (κ1) is 75.6. The van der Waals surface area contributed by atoms with Crippen LogP contribution in [0, 0.1) is 0 Å². The van der Waals surface area contributed by atoms with Gasteiger partial charge in [-0.15, -0.1) is 0 Å². The van der Waals surface area contributed by atoms with Crippen LogP contribution in [0.25, 0.3) is 0 Å². The van der Waals surface area contributed by atoms with Crippen molar-refractivity contribution in [2.24, 2.45) is 0 Å². The van der Waals surface area contributed by atoms with Crippen LogP contribution in [0.1, 0.15) is 387 Å². The quantitative estimate of drug-likeness (QED) is 0.0261. The van der Waals surface area contributed by atoms with Crippen molar-refractivity contribution in [1.29, 1.82) is 0 Å². The van der Waals surface area contributed by atoms with Crippen molar-refractivity contribution in [2.45, 2.75) is 393 Å². The molecule has 0 fully saturated rings. The zero-order chi connectivity index (χ0) is 56.4. The number of hydrogen-bond acceptors (Lipinski definition) is 6. The van der Waals surface area contributed by atoms with E-state index in [9.17, 15) is 14.4 Å². The molecule has 1 atom stereocenters. The lowest BCUT2D eigenvalue weighted by Crippen LogP contribution is -2.30. The molecule has 78 heavy (non-hydrogen) atoms. The summed E-state index contributed by atoms with van der Waals surface area (Å²) in [5.41, 5.74) is 0. The SMILES string of the molecule is CCCC/C=C\CCCCCCCC(=O)OCC(COC(=O)CCCCCCCCCCCCCCCCCCCCCCC/C=C\CCCCCCCCCC)OC(=O)CCCCCCC/C=C\CCCCCCCCC. The van der Waals surface area contributed by atoms with Gasteiger partial charge in [0.1, 0.15) is 13.2 Å². The maximum atomic E-state index is 12.9. The van der Waals surface area contributed by atoms with Gasteiger partial charge in [-0.1, -0.05) is 314 Å². The van der Waals surface area contributed by atoms with Gasteiger partial charge in [0.15, 0.2) is 6.10 Å². The Kier molecular flexibility index (Phi) is 65.1. The molecule has 0 saturated carbocycles. The van der Waals surface area contributed by atoms with Crippen LogP contribution >= 0.6 is 0 Å². The average Bonchev–Trinajstić information content (AvgIpc) is 3.44. The van der Waals surface area contributed by atoms with Crippen LogP contribution in [0.4, 0.5) is 0 Å². The van der Waals surface area contributed by atoms with E-state index in [4.69, 9.17) is 14.2 Å². The number of ether oxygens (including phenoxy) is 3. The molecule has 0 spiro atoms. The van der Waals surface area contributed by atoms with Crippen LogP contribution in [0.5, 0.6) is 0 Å². The fraction of sp³-hybridized carbons (Fsp3) is 0.875.